The number of urea groups is 1. The van der Waals surface area contributed by atoms with E-state index in [2.05, 4.69) is 5.32 Å². The van der Waals surface area contributed by atoms with Gasteiger partial charge in [0.25, 0.3) is 0 Å². The summed E-state index contributed by atoms with van der Waals surface area (Å²) in [4.78, 5) is 24.4. The molecule has 1 N–H and O–H groups in total. The Balaban J connectivity index is 1.95. The molecule has 0 saturated carbocycles. The number of amides is 3. The van der Waals surface area contributed by atoms with Crippen LogP contribution in [-0.4, -0.2) is 30.0 Å². The molecule has 2 aliphatic heterocycles. The normalized spacial score (nSPS) is 23.1. The molecular formula is C12H12N2O3. The minimum atomic E-state index is -0.309. The number of carbonyl (C=O) groups is 2. The largest absolute Gasteiger partial charge is 0.493 e. The van der Waals surface area contributed by atoms with Crippen LogP contribution in [0.1, 0.15) is 18.0 Å². The summed E-state index contributed by atoms with van der Waals surface area (Å²) in [6, 6.07) is 7.27. The van der Waals surface area contributed by atoms with Crippen molar-refractivity contribution in [3.8, 4) is 5.75 Å². The minimum absolute atomic E-state index is 0.0635. The number of benzene rings is 1. The molecule has 0 spiro atoms. The van der Waals surface area contributed by atoms with Gasteiger partial charge >= 0.3 is 6.03 Å². The van der Waals surface area contributed by atoms with Crippen molar-refractivity contribution < 1.29 is 14.3 Å². The van der Waals surface area contributed by atoms with Crippen LogP contribution in [0.25, 0.3) is 0 Å². The van der Waals surface area contributed by atoms with Gasteiger partial charge in [0.1, 0.15) is 12.3 Å². The summed E-state index contributed by atoms with van der Waals surface area (Å²) >= 11 is 0. The van der Waals surface area contributed by atoms with Crippen molar-refractivity contribution in [2.45, 2.75) is 12.5 Å². The first-order valence-electron chi connectivity index (χ1n) is 5.58. The van der Waals surface area contributed by atoms with Crippen molar-refractivity contribution in [1.29, 1.82) is 0 Å². The number of carbonyl (C=O) groups excluding carboxylic acids is 2. The smallest absolute Gasteiger partial charge is 0.325 e. The molecule has 2 aliphatic rings. The molecule has 0 aliphatic carbocycles. The molecule has 1 aromatic carbocycles. The molecule has 5 heteroatoms. The van der Waals surface area contributed by atoms with Crippen molar-refractivity contribution in [2.75, 3.05) is 13.2 Å². The van der Waals surface area contributed by atoms with Gasteiger partial charge in [0.2, 0.25) is 5.91 Å². The number of ether oxygens (including phenoxy) is 1. The van der Waals surface area contributed by atoms with Gasteiger partial charge in [-0.3, -0.25) is 10.1 Å². The first kappa shape index (κ1) is 10.1. The highest BCUT2D eigenvalue weighted by Crippen LogP contribution is 2.36. The van der Waals surface area contributed by atoms with Crippen LogP contribution in [0.4, 0.5) is 4.79 Å². The molecule has 3 rings (SSSR count). The topological polar surface area (TPSA) is 58.6 Å². The Kier molecular flexibility index (Phi) is 2.24. The summed E-state index contributed by atoms with van der Waals surface area (Å²) in [7, 11) is 0. The van der Waals surface area contributed by atoms with E-state index in [1.165, 1.54) is 0 Å². The number of fused-ring (bicyclic) bond motifs is 1. The lowest BCUT2D eigenvalue weighted by atomic mass is 9.99. The molecule has 1 unspecified atom stereocenters. The molecule has 1 aromatic rings. The van der Waals surface area contributed by atoms with E-state index >= 15 is 0 Å². The van der Waals surface area contributed by atoms with Gasteiger partial charge in [-0.15, -0.1) is 0 Å². The number of para-hydroxylation sites is 1. The summed E-state index contributed by atoms with van der Waals surface area (Å²) in [5.41, 5.74) is 0.976. The Morgan fingerprint density at radius 3 is 2.88 bits per heavy atom. The van der Waals surface area contributed by atoms with Crippen LogP contribution >= 0.6 is 0 Å². The average molecular weight is 232 g/mol. The molecule has 17 heavy (non-hydrogen) atoms. The van der Waals surface area contributed by atoms with Crippen LogP contribution < -0.4 is 10.1 Å². The van der Waals surface area contributed by atoms with Crippen LogP contribution in [-0.2, 0) is 4.79 Å². The summed E-state index contributed by atoms with van der Waals surface area (Å²) in [5.74, 6) is 0.565. The Labute approximate surface area is 98.4 Å². The zero-order valence-electron chi connectivity index (χ0n) is 9.18. The highest BCUT2D eigenvalue weighted by molar-refractivity contribution is 6.02. The fourth-order valence-corrected chi connectivity index (χ4v) is 2.36. The van der Waals surface area contributed by atoms with Gasteiger partial charge in [0, 0.05) is 12.0 Å². The molecule has 3 amide bonds. The van der Waals surface area contributed by atoms with E-state index in [0.717, 1.165) is 17.7 Å². The second-order valence-electron chi connectivity index (χ2n) is 4.17. The monoisotopic (exact) mass is 232 g/mol. The third kappa shape index (κ3) is 1.63. The van der Waals surface area contributed by atoms with E-state index < -0.39 is 0 Å². The molecule has 0 aromatic heterocycles. The lowest BCUT2D eigenvalue weighted by Crippen LogP contribution is -2.35. The van der Waals surface area contributed by atoms with Crippen LogP contribution in [0.3, 0.4) is 0 Å². The minimum Gasteiger partial charge on any atom is -0.493 e. The van der Waals surface area contributed by atoms with E-state index in [-0.39, 0.29) is 24.5 Å². The molecule has 0 bridgehead atoms. The van der Waals surface area contributed by atoms with Crippen molar-refractivity contribution >= 4 is 11.9 Å². The quantitative estimate of drug-likeness (QED) is 0.736. The maximum atomic E-state index is 11.6. The SMILES string of the molecule is O=C1CN(C2CCOc3ccccc32)C(=O)N1. The van der Waals surface area contributed by atoms with E-state index in [9.17, 15) is 9.59 Å². The number of imide groups is 1. The fourth-order valence-electron chi connectivity index (χ4n) is 2.36. The summed E-state index contributed by atoms with van der Waals surface area (Å²) in [6.07, 6.45) is 0.720. The van der Waals surface area contributed by atoms with Gasteiger partial charge in [-0.2, -0.15) is 0 Å². The van der Waals surface area contributed by atoms with Crippen LogP contribution in [0.15, 0.2) is 24.3 Å². The van der Waals surface area contributed by atoms with Gasteiger partial charge in [-0.1, -0.05) is 18.2 Å². The van der Waals surface area contributed by atoms with Gasteiger partial charge < -0.3 is 9.64 Å². The first-order valence-corrected chi connectivity index (χ1v) is 5.58. The van der Waals surface area contributed by atoms with Crippen molar-refractivity contribution in [3.05, 3.63) is 29.8 Å². The predicted molar refractivity (Wildman–Crippen MR) is 59.5 cm³/mol. The lowest BCUT2D eigenvalue weighted by molar-refractivity contribution is -0.118. The maximum absolute atomic E-state index is 11.6. The lowest BCUT2D eigenvalue weighted by Gasteiger charge is -2.31. The van der Waals surface area contributed by atoms with Crippen LogP contribution in [0.2, 0.25) is 0 Å². The molecule has 2 heterocycles. The third-order valence-corrected chi connectivity index (χ3v) is 3.12. The van der Waals surface area contributed by atoms with Crippen molar-refractivity contribution in [2.24, 2.45) is 0 Å². The van der Waals surface area contributed by atoms with Gasteiger partial charge in [0.15, 0.2) is 0 Å². The molecule has 1 fully saturated rings. The van der Waals surface area contributed by atoms with Gasteiger partial charge in [-0.25, -0.2) is 4.79 Å². The molecular weight excluding hydrogens is 220 g/mol. The molecule has 5 nitrogen and oxygen atoms in total. The number of nitrogens with zero attached hydrogens (tertiary/aromatic N) is 1. The standard InChI is InChI=1S/C12H12N2O3/c15-11-7-14(12(16)13-11)9-5-6-17-10-4-2-1-3-8(9)10/h1-4,9H,5-7H2,(H,13,15,16). The zero-order chi connectivity index (χ0) is 11.8. The molecule has 0 radical (unpaired) electrons. The number of hydrogen-bond donors (Lipinski definition) is 1. The predicted octanol–water partition coefficient (Wildman–Crippen LogP) is 1.06. The number of nitrogens with one attached hydrogen (secondary N) is 1. The average Bonchev–Trinajstić information content (AvgIpc) is 2.68. The Morgan fingerprint density at radius 1 is 1.29 bits per heavy atom. The fraction of sp³-hybridized carbons (Fsp3) is 0.333. The molecule has 1 saturated heterocycles. The van der Waals surface area contributed by atoms with Crippen molar-refractivity contribution in [1.82, 2.24) is 10.2 Å². The Morgan fingerprint density at radius 2 is 2.12 bits per heavy atom. The van der Waals surface area contributed by atoms with Crippen molar-refractivity contribution in [3.63, 3.8) is 0 Å². The first-order chi connectivity index (χ1) is 8.25. The summed E-state index contributed by atoms with van der Waals surface area (Å²) < 4.78 is 5.53. The molecule has 1 atom stereocenters. The molecule has 88 valence electrons. The summed E-state index contributed by atoms with van der Waals surface area (Å²) in [6.45, 7) is 0.706. The number of rotatable bonds is 1. The van der Waals surface area contributed by atoms with Gasteiger partial charge in [0.05, 0.1) is 12.6 Å². The second kappa shape index (κ2) is 3.76. The zero-order valence-corrected chi connectivity index (χ0v) is 9.18. The third-order valence-electron chi connectivity index (χ3n) is 3.12. The van der Waals surface area contributed by atoms with E-state index in [1.807, 2.05) is 24.3 Å². The van der Waals surface area contributed by atoms with Gasteiger partial charge in [-0.05, 0) is 6.07 Å². The Bertz CT molecular complexity index is 486. The second-order valence-corrected chi connectivity index (χ2v) is 4.17. The van der Waals surface area contributed by atoms with E-state index in [4.69, 9.17) is 4.74 Å². The van der Waals surface area contributed by atoms with Crippen LogP contribution in [0.5, 0.6) is 5.75 Å². The maximum Gasteiger partial charge on any atom is 0.325 e. The highest BCUT2D eigenvalue weighted by atomic mass is 16.5. The van der Waals surface area contributed by atoms with E-state index in [1.54, 1.807) is 4.90 Å². The summed E-state index contributed by atoms with van der Waals surface area (Å²) in [5, 5.41) is 2.30. The highest BCUT2D eigenvalue weighted by Gasteiger charge is 2.36. The van der Waals surface area contributed by atoms with Crippen LogP contribution in [0, 0.1) is 0 Å². The Hall–Kier alpha value is -2.04. The van der Waals surface area contributed by atoms with E-state index in [0.29, 0.717) is 6.61 Å². The number of hydrogen-bond acceptors (Lipinski definition) is 3.